The summed E-state index contributed by atoms with van der Waals surface area (Å²) in [5.41, 5.74) is 5.99. The zero-order chi connectivity index (χ0) is 15.5. The fourth-order valence-electron chi connectivity index (χ4n) is 1.75. The Bertz CT molecular complexity index is 576. The van der Waals surface area contributed by atoms with E-state index in [1.807, 2.05) is 20.8 Å². The third kappa shape index (κ3) is 3.86. The molecule has 0 amide bonds. The summed E-state index contributed by atoms with van der Waals surface area (Å²) in [6.45, 7) is 5.92. The quantitative estimate of drug-likeness (QED) is 0.836. The van der Waals surface area contributed by atoms with Crippen molar-refractivity contribution in [3.8, 4) is 0 Å². The number of nitrogens with two attached hydrogens (primary N) is 1. The Morgan fingerprint density at radius 3 is 2.40 bits per heavy atom. The van der Waals surface area contributed by atoms with Gasteiger partial charge in [0.25, 0.3) is 0 Å². The molecule has 0 radical (unpaired) electrons. The molecule has 0 aromatic heterocycles. The van der Waals surface area contributed by atoms with Crippen LogP contribution in [0.4, 0.5) is 0 Å². The molecule has 0 aliphatic rings. The first-order chi connectivity index (χ1) is 9.24. The Hall–Kier alpha value is -0.330. The summed E-state index contributed by atoms with van der Waals surface area (Å²) in [4.78, 5) is 0.0131. The van der Waals surface area contributed by atoms with E-state index >= 15 is 0 Å². The highest BCUT2D eigenvalue weighted by molar-refractivity contribution is 7.89. The van der Waals surface area contributed by atoms with E-state index in [2.05, 4.69) is 4.72 Å². The van der Waals surface area contributed by atoms with E-state index < -0.39 is 10.0 Å². The van der Waals surface area contributed by atoms with E-state index in [9.17, 15) is 8.42 Å². The highest BCUT2D eigenvalue weighted by Gasteiger charge is 2.24. The second-order valence-corrected chi connectivity index (χ2v) is 7.31. The molecule has 0 spiro atoms. The highest BCUT2D eigenvalue weighted by atomic mass is 35.5. The Morgan fingerprint density at radius 2 is 1.90 bits per heavy atom. The number of benzene rings is 1. The maximum atomic E-state index is 12.4. The third-order valence-electron chi connectivity index (χ3n) is 3.48. The van der Waals surface area contributed by atoms with Crippen molar-refractivity contribution >= 4 is 33.2 Å². The third-order valence-corrected chi connectivity index (χ3v) is 5.98. The zero-order valence-corrected chi connectivity index (χ0v) is 14.1. The number of nitrogens with one attached hydrogen (secondary N) is 1. The van der Waals surface area contributed by atoms with E-state index in [4.69, 9.17) is 28.9 Å². The summed E-state index contributed by atoms with van der Waals surface area (Å²) in [5.74, 6) is 0.227. The molecule has 0 saturated carbocycles. The topological polar surface area (TPSA) is 72.2 Å². The second-order valence-electron chi connectivity index (χ2n) is 4.84. The molecule has 2 unspecified atom stereocenters. The largest absolute Gasteiger partial charge is 0.326 e. The minimum atomic E-state index is -3.69. The van der Waals surface area contributed by atoms with Crippen molar-refractivity contribution in [3.05, 3.63) is 27.7 Å². The number of hydrogen-bond donors (Lipinski definition) is 2. The Kier molecular flexibility index (Phi) is 6.28. The average molecular weight is 339 g/mol. The molecule has 3 N–H and O–H groups in total. The van der Waals surface area contributed by atoms with E-state index in [1.54, 1.807) is 0 Å². The van der Waals surface area contributed by atoms with E-state index in [-0.39, 0.29) is 28.4 Å². The van der Waals surface area contributed by atoms with Gasteiger partial charge < -0.3 is 5.73 Å². The van der Waals surface area contributed by atoms with Crippen LogP contribution in [0.2, 0.25) is 10.0 Å². The SMILES string of the molecule is CCC(C)C(C)NS(=O)(=O)c1ccc(Cl)c(CN)c1Cl. The molecule has 0 saturated heterocycles. The number of sulfonamides is 1. The standard InChI is InChI=1S/C13H20Cl2N2O2S/c1-4-8(2)9(3)17-20(18,19)12-6-5-11(14)10(7-16)13(12)15/h5-6,8-9,17H,4,7,16H2,1-3H3. The molecule has 1 aromatic carbocycles. The summed E-state index contributed by atoms with van der Waals surface area (Å²) < 4.78 is 27.4. The first kappa shape index (κ1) is 17.7. The normalized spacial score (nSPS) is 15.1. The zero-order valence-electron chi connectivity index (χ0n) is 11.8. The second kappa shape index (κ2) is 7.09. The average Bonchev–Trinajstić information content (AvgIpc) is 2.37. The number of hydrogen-bond acceptors (Lipinski definition) is 3. The number of halogens is 2. The van der Waals surface area contributed by atoms with Crippen LogP contribution in [0.25, 0.3) is 0 Å². The predicted octanol–water partition coefficient (Wildman–Crippen LogP) is 3.17. The lowest BCUT2D eigenvalue weighted by Gasteiger charge is -2.20. The van der Waals surface area contributed by atoms with Gasteiger partial charge in [-0.05, 0) is 25.0 Å². The molecule has 7 heteroatoms. The first-order valence-electron chi connectivity index (χ1n) is 6.43. The summed E-state index contributed by atoms with van der Waals surface area (Å²) in [5, 5.41) is 0.454. The van der Waals surface area contributed by atoms with Crippen LogP contribution < -0.4 is 10.5 Å². The molecule has 4 nitrogen and oxygen atoms in total. The van der Waals surface area contributed by atoms with Gasteiger partial charge in [-0.25, -0.2) is 13.1 Å². The van der Waals surface area contributed by atoms with Crippen LogP contribution in [-0.4, -0.2) is 14.5 Å². The molecular formula is C13H20Cl2N2O2S. The minimum absolute atomic E-state index is 0.0131. The van der Waals surface area contributed by atoms with Crippen LogP contribution in [0.15, 0.2) is 17.0 Å². The van der Waals surface area contributed by atoms with Gasteiger partial charge in [0.05, 0.1) is 5.02 Å². The van der Waals surface area contributed by atoms with Crippen LogP contribution in [0.1, 0.15) is 32.8 Å². The molecule has 114 valence electrons. The van der Waals surface area contributed by atoms with Crippen LogP contribution in [0.3, 0.4) is 0 Å². The maximum absolute atomic E-state index is 12.4. The molecular weight excluding hydrogens is 319 g/mol. The van der Waals surface area contributed by atoms with Gasteiger partial charge in [-0.1, -0.05) is 43.5 Å². The van der Waals surface area contributed by atoms with Crippen molar-refractivity contribution < 1.29 is 8.42 Å². The lowest BCUT2D eigenvalue weighted by Crippen LogP contribution is -2.37. The van der Waals surface area contributed by atoms with Crippen LogP contribution in [0.5, 0.6) is 0 Å². The number of rotatable bonds is 6. The summed E-state index contributed by atoms with van der Waals surface area (Å²) >= 11 is 12.1. The lowest BCUT2D eigenvalue weighted by molar-refractivity contribution is 0.434. The minimum Gasteiger partial charge on any atom is -0.326 e. The lowest BCUT2D eigenvalue weighted by atomic mass is 10.0. The fraction of sp³-hybridized carbons (Fsp3) is 0.538. The van der Waals surface area contributed by atoms with E-state index in [0.29, 0.717) is 10.6 Å². The Balaban J connectivity index is 3.17. The van der Waals surface area contributed by atoms with Gasteiger partial charge in [-0.2, -0.15) is 0 Å². The summed E-state index contributed by atoms with van der Waals surface area (Å²) in [6, 6.07) is 2.71. The van der Waals surface area contributed by atoms with Gasteiger partial charge in [0.15, 0.2) is 0 Å². The van der Waals surface area contributed by atoms with Gasteiger partial charge in [0, 0.05) is 23.2 Å². The van der Waals surface area contributed by atoms with Crippen molar-refractivity contribution in [1.82, 2.24) is 4.72 Å². The van der Waals surface area contributed by atoms with Crippen LogP contribution >= 0.6 is 23.2 Å². The molecule has 1 aromatic rings. The first-order valence-corrected chi connectivity index (χ1v) is 8.67. The van der Waals surface area contributed by atoms with Crippen molar-refractivity contribution in [2.45, 2.75) is 44.7 Å². The van der Waals surface area contributed by atoms with Gasteiger partial charge >= 0.3 is 0 Å². The maximum Gasteiger partial charge on any atom is 0.242 e. The highest BCUT2D eigenvalue weighted by Crippen LogP contribution is 2.31. The molecule has 0 heterocycles. The molecule has 0 aliphatic carbocycles. The molecule has 1 rings (SSSR count). The molecule has 2 atom stereocenters. The van der Waals surface area contributed by atoms with Crippen molar-refractivity contribution in [1.29, 1.82) is 0 Å². The van der Waals surface area contributed by atoms with E-state index in [1.165, 1.54) is 12.1 Å². The Labute approximate surface area is 130 Å². The van der Waals surface area contributed by atoms with Crippen molar-refractivity contribution in [2.75, 3.05) is 0 Å². The van der Waals surface area contributed by atoms with Gasteiger partial charge in [-0.15, -0.1) is 0 Å². The van der Waals surface area contributed by atoms with Crippen LogP contribution in [0, 0.1) is 5.92 Å². The smallest absolute Gasteiger partial charge is 0.242 e. The van der Waals surface area contributed by atoms with Crippen LogP contribution in [-0.2, 0) is 16.6 Å². The van der Waals surface area contributed by atoms with Gasteiger partial charge in [0.2, 0.25) is 10.0 Å². The van der Waals surface area contributed by atoms with Crippen molar-refractivity contribution in [3.63, 3.8) is 0 Å². The van der Waals surface area contributed by atoms with E-state index in [0.717, 1.165) is 6.42 Å². The van der Waals surface area contributed by atoms with Crippen molar-refractivity contribution in [2.24, 2.45) is 11.7 Å². The monoisotopic (exact) mass is 338 g/mol. The summed E-state index contributed by atoms with van der Waals surface area (Å²) in [7, 11) is -3.69. The van der Waals surface area contributed by atoms with Gasteiger partial charge in [0.1, 0.15) is 4.90 Å². The summed E-state index contributed by atoms with van der Waals surface area (Å²) in [6.07, 6.45) is 0.881. The molecule has 0 bridgehead atoms. The van der Waals surface area contributed by atoms with Gasteiger partial charge in [-0.3, -0.25) is 0 Å². The molecule has 20 heavy (non-hydrogen) atoms. The fourth-order valence-corrected chi connectivity index (χ4v) is 4.03. The predicted molar refractivity (Wildman–Crippen MR) is 83.6 cm³/mol. The molecule has 0 aliphatic heterocycles. The Morgan fingerprint density at radius 1 is 1.30 bits per heavy atom. The molecule has 0 fully saturated rings.